The Kier molecular flexibility index (Phi) is 3.21. The lowest BCUT2D eigenvalue weighted by atomic mass is 10.4. The maximum absolute atomic E-state index is 6.21. The van der Waals surface area contributed by atoms with Crippen LogP contribution in [0.15, 0.2) is 36.8 Å². The molecule has 0 aliphatic rings. The lowest BCUT2D eigenvalue weighted by Crippen LogP contribution is -2.11. The van der Waals surface area contributed by atoms with E-state index in [1.807, 2.05) is 36.0 Å². The molecule has 0 saturated carbocycles. The average Bonchev–Trinajstić information content (AvgIpc) is 3.03. The van der Waals surface area contributed by atoms with E-state index in [0.29, 0.717) is 0 Å². The Bertz CT molecular complexity index is 671. The fourth-order valence-electron chi connectivity index (χ4n) is 2.14. The second-order valence-corrected chi connectivity index (χ2v) is 5.01. The Labute approximate surface area is 115 Å². The van der Waals surface area contributed by atoms with E-state index < -0.39 is 0 Å². The van der Waals surface area contributed by atoms with Crippen LogP contribution in [0.5, 0.6) is 0 Å². The van der Waals surface area contributed by atoms with Crippen LogP contribution in [-0.4, -0.2) is 24.3 Å². The van der Waals surface area contributed by atoms with Crippen LogP contribution in [0.25, 0.3) is 11.2 Å². The summed E-state index contributed by atoms with van der Waals surface area (Å²) in [5.74, 6) is 0.850. The second-order valence-electron chi connectivity index (χ2n) is 4.35. The summed E-state index contributed by atoms with van der Waals surface area (Å²) in [6, 6.07) is 5.75. The molecule has 3 aromatic rings. The van der Waals surface area contributed by atoms with E-state index in [2.05, 4.69) is 19.6 Å². The number of pyridine rings is 1. The van der Waals surface area contributed by atoms with Crippen molar-refractivity contribution in [1.82, 2.24) is 24.3 Å². The molecular formula is C13H14ClN5. The number of halogens is 1. The zero-order valence-electron chi connectivity index (χ0n) is 10.6. The van der Waals surface area contributed by atoms with Crippen LogP contribution >= 0.6 is 11.6 Å². The number of imidazole rings is 1. The summed E-state index contributed by atoms with van der Waals surface area (Å²) >= 11 is 6.21. The third-order valence-corrected chi connectivity index (χ3v) is 3.20. The summed E-state index contributed by atoms with van der Waals surface area (Å²) in [4.78, 5) is 8.95. The Morgan fingerprint density at radius 2 is 2.16 bits per heavy atom. The van der Waals surface area contributed by atoms with Gasteiger partial charge in [0.1, 0.15) is 11.3 Å². The lowest BCUT2D eigenvalue weighted by Gasteiger charge is -2.09. The summed E-state index contributed by atoms with van der Waals surface area (Å²) in [5.41, 5.74) is 1.75. The summed E-state index contributed by atoms with van der Waals surface area (Å²) in [6.45, 7) is 3.44. The van der Waals surface area contributed by atoms with Gasteiger partial charge in [0.25, 0.3) is 0 Å². The number of aromatic nitrogens is 5. The van der Waals surface area contributed by atoms with Gasteiger partial charge in [0.15, 0.2) is 5.65 Å². The molecule has 0 bridgehead atoms. The van der Waals surface area contributed by atoms with Crippen LogP contribution in [0.4, 0.5) is 0 Å². The Balaban J connectivity index is 1.97. The quantitative estimate of drug-likeness (QED) is 0.688. The average molecular weight is 276 g/mol. The molecule has 1 atom stereocenters. The van der Waals surface area contributed by atoms with Crippen LogP contribution in [0.2, 0.25) is 0 Å². The van der Waals surface area contributed by atoms with Gasteiger partial charge in [-0.3, -0.25) is 4.68 Å². The molecular weight excluding hydrogens is 262 g/mol. The number of fused-ring (bicyclic) bond motifs is 1. The Morgan fingerprint density at radius 3 is 2.89 bits per heavy atom. The van der Waals surface area contributed by atoms with E-state index in [0.717, 1.165) is 30.1 Å². The topological polar surface area (TPSA) is 48.5 Å². The molecule has 0 aromatic carbocycles. The first kappa shape index (κ1) is 12.2. The molecule has 0 N–H and O–H groups in total. The minimum atomic E-state index is -0.146. The second kappa shape index (κ2) is 5.01. The van der Waals surface area contributed by atoms with Crippen molar-refractivity contribution in [3.63, 3.8) is 0 Å². The third-order valence-electron chi connectivity index (χ3n) is 3.00. The number of nitrogens with zero attached hydrogens (tertiary/aromatic N) is 5. The first-order chi connectivity index (χ1) is 9.25. The van der Waals surface area contributed by atoms with Gasteiger partial charge in [-0.25, -0.2) is 9.97 Å². The molecule has 6 heteroatoms. The molecule has 0 radical (unpaired) electrons. The van der Waals surface area contributed by atoms with Gasteiger partial charge >= 0.3 is 0 Å². The molecule has 3 rings (SSSR count). The lowest BCUT2D eigenvalue weighted by molar-refractivity contribution is 0.526. The van der Waals surface area contributed by atoms with Gasteiger partial charge in [0, 0.05) is 25.1 Å². The zero-order chi connectivity index (χ0) is 13.2. The molecule has 1 unspecified atom stereocenters. The van der Waals surface area contributed by atoms with Gasteiger partial charge in [-0.2, -0.15) is 5.10 Å². The third kappa shape index (κ3) is 2.33. The highest BCUT2D eigenvalue weighted by atomic mass is 35.5. The number of hydrogen-bond acceptors (Lipinski definition) is 3. The van der Waals surface area contributed by atoms with Crippen molar-refractivity contribution in [2.24, 2.45) is 0 Å². The molecule has 0 aliphatic heterocycles. The van der Waals surface area contributed by atoms with Crippen molar-refractivity contribution < 1.29 is 0 Å². The molecule has 3 aromatic heterocycles. The zero-order valence-corrected chi connectivity index (χ0v) is 11.3. The minimum absolute atomic E-state index is 0.146. The number of aryl methyl sites for hydroxylation is 2. The number of rotatable bonds is 4. The van der Waals surface area contributed by atoms with Crippen LogP contribution in [0, 0.1) is 0 Å². The summed E-state index contributed by atoms with van der Waals surface area (Å²) in [6.07, 6.45) is 5.49. The first-order valence-corrected chi connectivity index (χ1v) is 6.62. The highest BCUT2D eigenvalue weighted by Crippen LogP contribution is 2.23. The molecule has 98 valence electrons. The van der Waals surface area contributed by atoms with Gasteiger partial charge in [0.2, 0.25) is 0 Å². The van der Waals surface area contributed by atoms with Gasteiger partial charge in [-0.15, -0.1) is 11.6 Å². The van der Waals surface area contributed by atoms with Crippen molar-refractivity contribution in [2.75, 3.05) is 0 Å². The standard InChI is InChI=1S/C13H14ClN5/c1-10(14)12-17-11-4-2-5-15-13(11)19(12)9-8-18-7-3-6-16-18/h2-7,10H,8-9H2,1H3. The van der Waals surface area contributed by atoms with Crippen molar-refractivity contribution in [1.29, 1.82) is 0 Å². The van der Waals surface area contributed by atoms with E-state index in [4.69, 9.17) is 11.6 Å². The largest absolute Gasteiger partial charge is 0.310 e. The fourth-order valence-corrected chi connectivity index (χ4v) is 2.30. The Morgan fingerprint density at radius 1 is 1.26 bits per heavy atom. The van der Waals surface area contributed by atoms with Crippen molar-refractivity contribution in [3.05, 3.63) is 42.6 Å². The summed E-state index contributed by atoms with van der Waals surface area (Å²) < 4.78 is 3.95. The van der Waals surface area contributed by atoms with Crippen LogP contribution in [0.3, 0.4) is 0 Å². The van der Waals surface area contributed by atoms with E-state index in [1.54, 1.807) is 12.4 Å². The van der Waals surface area contributed by atoms with Crippen molar-refractivity contribution in [2.45, 2.75) is 25.4 Å². The maximum Gasteiger partial charge on any atom is 0.160 e. The van der Waals surface area contributed by atoms with Crippen LogP contribution < -0.4 is 0 Å². The van der Waals surface area contributed by atoms with Gasteiger partial charge < -0.3 is 4.57 Å². The van der Waals surface area contributed by atoms with Gasteiger partial charge in [0.05, 0.1) is 11.9 Å². The van der Waals surface area contributed by atoms with E-state index >= 15 is 0 Å². The van der Waals surface area contributed by atoms with Crippen molar-refractivity contribution >= 4 is 22.8 Å². The van der Waals surface area contributed by atoms with Gasteiger partial charge in [-0.05, 0) is 25.1 Å². The molecule has 3 heterocycles. The monoisotopic (exact) mass is 275 g/mol. The Hall–Kier alpha value is -1.88. The van der Waals surface area contributed by atoms with Gasteiger partial charge in [-0.1, -0.05) is 0 Å². The highest BCUT2D eigenvalue weighted by Gasteiger charge is 2.15. The summed E-state index contributed by atoms with van der Waals surface area (Å²) in [7, 11) is 0. The maximum atomic E-state index is 6.21. The number of alkyl halides is 1. The van der Waals surface area contributed by atoms with Crippen molar-refractivity contribution in [3.8, 4) is 0 Å². The first-order valence-electron chi connectivity index (χ1n) is 6.18. The van der Waals surface area contributed by atoms with Crippen LogP contribution in [0.1, 0.15) is 18.1 Å². The molecule has 0 aliphatic carbocycles. The normalized spacial score (nSPS) is 12.9. The minimum Gasteiger partial charge on any atom is -0.310 e. The van der Waals surface area contributed by atoms with E-state index in [1.165, 1.54) is 0 Å². The molecule has 0 spiro atoms. The molecule has 19 heavy (non-hydrogen) atoms. The van der Waals surface area contributed by atoms with E-state index in [9.17, 15) is 0 Å². The smallest absolute Gasteiger partial charge is 0.160 e. The fraction of sp³-hybridized carbons (Fsp3) is 0.308. The van der Waals surface area contributed by atoms with E-state index in [-0.39, 0.29) is 5.38 Å². The predicted octanol–water partition coefficient (Wildman–Crippen LogP) is 2.63. The molecule has 0 amide bonds. The summed E-state index contributed by atoms with van der Waals surface area (Å²) in [5, 5.41) is 4.05. The number of hydrogen-bond donors (Lipinski definition) is 0. The van der Waals surface area contributed by atoms with Crippen LogP contribution in [-0.2, 0) is 13.1 Å². The molecule has 5 nitrogen and oxygen atoms in total. The highest BCUT2D eigenvalue weighted by molar-refractivity contribution is 6.20. The SMILES string of the molecule is CC(Cl)c1nc2cccnc2n1CCn1cccn1. The predicted molar refractivity (Wildman–Crippen MR) is 74.0 cm³/mol. The molecule has 0 fully saturated rings. The molecule has 0 saturated heterocycles.